The summed E-state index contributed by atoms with van der Waals surface area (Å²) in [7, 11) is -5.27. The number of hydrogen-bond donors (Lipinski definition) is 3. The Morgan fingerprint density at radius 2 is 1.50 bits per heavy atom. The SMILES string of the molecule is CCCCCOC(=O)COc1cc(N2C(=O)C3=C(CCCC3)C2=O)c(F)cc1Cl.COc1cc(OC)nc(NC(=O)NS(=O)(=O)N(C)S(C)(=O)=O)n1.O=C(O)COc1ccc(Cl)c2cccnc12. The number of urea groups is 1. The number of ether oxygens (including phenoxy) is 5. The Hall–Kier alpha value is -6.41. The van der Waals surface area contributed by atoms with Crippen LogP contribution in [0.2, 0.25) is 10.0 Å². The zero-order valence-electron chi connectivity index (χ0n) is 37.0. The smallest absolute Gasteiger partial charge is 0.344 e. The number of rotatable bonds is 17. The number of esters is 1. The summed E-state index contributed by atoms with van der Waals surface area (Å²) in [5.41, 5.74) is 1.24. The van der Waals surface area contributed by atoms with Gasteiger partial charge in [-0.25, -0.2) is 36.8 Å². The van der Waals surface area contributed by atoms with E-state index in [1.807, 2.05) is 12.2 Å². The van der Waals surface area contributed by atoms with Gasteiger partial charge in [0.2, 0.25) is 27.7 Å². The molecule has 0 radical (unpaired) electrons. The van der Waals surface area contributed by atoms with Gasteiger partial charge in [-0.3, -0.25) is 19.9 Å². The molecule has 68 heavy (non-hydrogen) atoms. The first-order valence-corrected chi connectivity index (χ1v) is 24.2. The van der Waals surface area contributed by atoms with Crippen molar-refractivity contribution in [2.24, 2.45) is 0 Å². The Bertz CT molecular complexity index is 2750. The summed E-state index contributed by atoms with van der Waals surface area (Å²) < 4.78 is 87.1. The number of halogens is 3. The molecule has 4 amide bonds. The maximum atomic E-state index is 14.5. The van der Waals surface area contributed by atoms with Crippen molar-refractivity contribution >= 4 is 95.8 Å². The van der Waals surface area contributed by atoms with E-state index in [2.05, 4.69) is 15.0 Å². The number of carboxylic acids is 1. The number of aliphatic carboxylic acids is 1. The molecule has 0 spiro atoms. The van der Waals surface area contributed by atoms with Gasteiger partial charge in [-0.15, -0.1) is 0 Å². The monoisotopic (exact) mass is 1030 g/mol. The van der Waals surface area contributed by atoms with Crippen molar-refractivity contribution in [1.29, 1.82) is 0 Å². The zero-order valence-corrected chi connectivity index (χ0v) is 40.2. The molecule has 2 aromatic carbocycles. The second kappa shape index (κ2) is 24.6. The number of nitrogens with one attached hydrogen (secondary N) is 2. The average molecular weight is 1030 g/mol. The largest absolute Gasteiger partial charge is 0.481 e. The van der Waals surface area contributed by atoms with Crippen LogP contribution < -0.4 is 33.9 Å². The van der Waals surface area contributed by atoms with E-state index in [1.54, 1.807) is 30.5 Å². The molecule has 2 aromatic heterocycles. The number of benzene rings is 2. The van der Waals surface area contributed by atoms with E-state index in [1.165, 1.54) is 31.1 Å². The summed E-state index contributed by atoms with van der Waals surface area (Å²) in [6.45, 7) is 1.54. The quantitative estimate of drug-likeness (QED) is 0.0674. The maximum absolute atomic E-state index is 14.5. The third-order valence-corrected chi connectivity index (χ3v) is 13.5. The standard InChI is InChI=1S/C21H23ClFNO5.C11H8ClNO3.C9H15N5O7S2/c1-2-3-6-9-28-19(25)12-29-18-11-17(16(23)10-15(18)22)24-20(26)13-7-4-5-8-14(13)21(24)27;12-8-3-4-9(16-6-10(14)15)11-7(8)2-1-5-13-11;1-14(22(4,16)17)23(18,19)13-9(15)12-8-10-6(20-2)5-7(11-8)21-3/h10-11H,2-9,12H2,1H3;1-5H,6H2,(H,14,15);5H,1-4H3,(H2,10,11,12,13,15). The van der Waals surface area contributed by atoms with E-state index in [-0.39, 0.29) is 37.9 Å². The minimum Gasteiger partial charge on any atom is -0.481 e. The van der Waals surface area contributed by atoms with Crippen LogP contribution in [0, 0.1) is 5.82 Å². The summed E-state index contributed by atoms with van der Waals surface area (Å²) in [4.78, 5) is 71.7. The minimum atomic E-state index is -4.60. The number of anilines is 2. The van der Waals surface area contributed by atoms with Crippen LogP contribution in [0.3, 0.4) is 0 Å². The van der Waals surface area contributed by atoms with Gasteiger partial charge in [-0.1, -0.05) is 46.7 Å². The van der Waals surface area contributed by atoms with Crippen molar-refractivity contribution in [3.05, 3.63) is 75.7 Å². The molecule has 22 nitrogen and oxygen atoms in total. The molecule has 4 aromatic rings. The number of methoxy groups -OCH3 is 2. The van der Waals surface area contributed by atoms with Gasteiger partial charge in [0, 0.05) is 35.8 Å². The number of amides is 4. The molecular formula is C41H46Cl2FN7O15S2. The first-order chi connectivity index (χ1) is 32.1. The highest BCUT2D eigenvalue weighted by Crippen LogP contribution is 2.39. The van der Waals surface area contributed by atoms with Crippen LogP contribution in [-0.4, -0.2) is 118 Å². The normalized spacial score (nSPS) is 13.4. The zero-order chi connectivity index (χ0) is 50.3. The summed E-state index contributed by atoms with van der Waals surface area (Å²) in [5, 5.41) is 11.8. The molecule has 368 valence electrons. The van der Waals surface area contributed by atoms with Gasteiger partial charge in [0.15, 0.2) is 13.2 Å². The third kappa shape index (κ3) is 14.8. The fraction of sp³-hybridized carbons (Fsp3) is 0.366. The van der Waals surface area contributed by atoms with E-state index in [4.69, 9.17) is 52.0 Å². The van der Waals surface area contributed by atoms with Crippen molar-refractivity contribution < 1.29 is 74.0 Å². The summed E-state index contributed by atoms with van der Waals surface area (Å²) in [5.74, 6) is -3.21. The van der Waals surface area contributed by atoms with Crippen LogP contribution in [-0.2, 0) is 44.1 Å². The molecular weight excluding hydrogens is 985 g/mol. The number of carboxylic acid groups (broad SMARTS) is 1. The van der Waals surface area contributed by atoms with Gasteiger partial charge < -0.3 is 28.8 Å². The number of carbonyl (C=O) groups is 5. The van der Waals surface area contributed by atoms with Gasteiger partial charge >= 0.3 is 28.2 Å². The molecule has 1 aliphatic carbocycles. The Labute approximate surface area is 399 Å². The number of imide groups is 1. The molecule has 0 saturated heterocycles. The fourth-order valence-electron chi connectivity index (χ4n) is 6.00. The number of unbranched alkanes of at least 4 members (excludes halogenated alkanes) is 2. The molecule has 3 heterocycles. The van der Waals surface area contributed by atoms with E-state index in [0.717, 1.165) is 55.5 Å². The number of sulfonamides is 1. The maximum Gasteiger partial charge on any atom is 0.344 e. The first-order valence-electron chi connectivity index (χ1n) is 20.1. The number of nitrogens with zero attached hydrogens (tertiary/aromatic N) is 5. The Kier molecular flexibility index (Phi) is 19.6. The predicted molar refractivity (Wildman–Crippen MR) is 244 cm³/mol. The van der Waals surface area contributed by atoms with Crippen molar-refractivity contribution in [3.8, 4) is 23.3 Å². The first kappa shape index (κ1) is 54.2. The van der Waals surface area contributed by atoms with Crippen LogP contribution in [0.15, 0.2) is 59.8 Å². The van der Waals surface area contributed by atoms with Crippen molar-refractivity contribution in [3.63, 3.8) is 0 Å². The lowest BCUT2D eigenvalue weighted by Crippen LogP contribution is -2.45. The van der Waals surface area contributed by atoms with Crippen LogP contribution >= 0.6 is 23.2 Å². The summed E-state index contributed by atoms with van der Waals surface area (Å²) >= 11 is 12.0. The van der Waals surface area contributed by atoms with E-state index >= 15 is 0 Å². The van der Waals surface area contributed by atoms with Crippen LogP contribution in [0.4, 0.5) is 20.8 Å². The molecule has 0 saturated carbocycles. The minimum absolute atomic E-state index is 0.000883. The number of hydrogen-bond acceptors (Lipinski definition) is 17. The molecule has 27 heteroatoms. The Balaban J connectivity index is 0.000000232. The second-order valence-corrected chi connectivity index (χ2v) is 18.9. The number of pyridine rings is 1. The van der Waals surface area contributed by atoms with Crippen molar-refractivity contribution in [2.75, 3.05) is 57.6 Å². The van der Waals surface area contributed by atoms with Crippen molar-refractivity contribution in [1.82, 2.24) is 23.4 Å². The summed E-state index contributed by atoms with van der Waals surface area (Å²) in [6.07, 6.45) is 7.67. The lowest BCUT2D eigenvalue weighted by atomic mass is 9.93. The lowest BCUT2D eigenvalue weighted by molar-refractivity contribution is -0.146. The van der Waals surface area contributed by atoms with Crippen molar-refractivity contribution in [2.45, 2.75) is 51.9 Å². The number of aromatic nitrogens is 3. The van der Waals surface area contributed by atoms with E-state index < -0.39 is 69.0 Å². The van der Waals surface area contributed by atoms with Crippen LogP contribution in [0.1, 0.15) is 51.9 Å². The fourth-order valence-corrected chi connectivity index (χ4v) is 8.37. The Morgan fingerprint density at radius 1 is 0.882 bits per heavy atom. The average Bonchev–Trinajstić information content (AvgIpc) is 3.54. The molecule has 1 aliphatic heterocycles. The Morgan fingerprint density at radius 3 is 2.07 bits per heavy atom. The number of fused-ring (bicyclic) bond motifs is 1. The third-order valence-electron chi connectivity index (χ3n) is 9.37. The highest BCUT2D eigenvalue weighted by atomic mass is 35.5. The highest BCUT2D eigenvalue weighted by Gasteiger charge is 2.41. The molecule has 0 fully saturated rings. The number of carbonyl (C=O) groups excluding carboxylic acids is 4. The van der Waals surface area contributed by atoms with Crippen LogP contribution in [0.25, 0.3) is 10.9 Å². The lowest BCUT2D eigenvalue weighted by Gasteiger charge is -2.18. The second-order valence-electron chi connectivity index (χ2n) is 14.2. The molecule has 0 bridgehead atoms. The molecule has 0 atom stereocenters. The van der Waals surface area contributed by atoms with E-state index in [9.17, 15) is 45.2 Å². The van der Waals surface area contributed by atoms with Crippen LogP contribution in [0.5, 0.6) is 23.3 Å². The molecule has 3 N–H and O–H groups in total. The topological polar surface area (TPSA) is 289 Å². The molecule has 6 rings (SSSR count). The highest BCUT2D eigenvalue weighted by molar-refractivity contribution is 8.03. The summed E-state index contributed by atoms with van der Waals surface area (Å²) in [6, 6.07) is 9.04. The van der Waals surface area contributed by atoms with Gasteiger partial charge in [-0.2, -0.15) is 18.4 Å². The van der Waals surface area contributed by atoms with Gasteiger partial charge in [0.25, 0.3) is 11.8 Å². The van der Waals surface area contributed by atoms with Gasteiger partial charge in [0.05, 0.1) is 48.9 Å². The molecule has 0 unspecified atom stereocenters. The van der Waals surface area contributed by atoms with E-state index in [0.29, 0.717) is 53.1 Å². The van der Waals surface area contributed by atoms with Gasteiger partial charge in [0.1, 0.15) is 22.8 Å². The molecule has 2 aliphatic rings. The predicted octanol–water partition coefficient (Wildman–Crippen LogP) is 5.44. The van der Waals surface area contributed by atoms with Gasteiger partial charge in [-0.05, 0) is 62.4 Å².